The monoisotopic (exact) mass is 655 g/mol. The highest BCUT2D eigenvalue weighted by Gasteiger charge is 2.25. The first-order valence-electron chi connectivity index (χ1n) is 17.1. The summed E-state index contributed by atoms with van der Waals surface area (Å²) in [6, 6.07) is 0. The van der Waals surface area contributed by atoms with Crippen molar-refractivity contribution in [2.24, 2.45) is 5.73 Å². The number of allylic oxidation sites excluding steroid dienone is 8. The summed E-state index contributed by atoms with van der Waals surface area (Å²) in [6.07, 6.45) is 33.0. The van der Waals surface area contributed by atoms with Crippen LogP contribution in [0.4, 0.5) is 0 Å². The molecule has 0 radical (unpaired) electrons. The Balaban J connectivity index is 4.34. The Labute approximate surface area is 273 Å². The van der Waals surface area contributed by atoms with Crippen molar-refractivity contribution in [3.05, 3.63) is 48.6 Å². The van der Waals surface area contributed by atoms with Crippen molar-refractivity contribution in [1.82, 2.24) is 0 Å². The van der Waals surface area contributed by atoms with Gasteiger partial charge in [0.15, 0.2) is 6.10 Å². The smallest absolute Gasteiger partial charge is 0.462 e. The highest BCUT2D eigenvalue weighted by atomic mass is 31.2. The van der Waals surface area contributed by atoms with Crippen LogP contribution < -0.4 is 5.73 Å². The van der Waals surface area contributed by atoms with Gasteiger partial charge in [0.1, 0.15) is 6.61 Å². The lowest BCUT2D eigenvalue weighted by atomic mass is 10.1. The fourth-order valence-corrected chi connectivity index (χ4v) is 4.98. The molecule has 0 aromatic rings. The molecule has 9 nitrogen and oxygen atoms in total. The van der Waals surface area contributed by atoms with Gasteiger partial charge in [0.05, 0.1) is 13.2 Å². The van der Waals surface area contributed by atoms with Gasteiger partial charge in [-0.2, -0.15) is 0 Å². The van der Waals surface area contributed by atoms with Gasteiger partial charge >= 0.3 is 19.8 Å². The Kier molecular flexibility index (Phi) is 30.5. The van der Waals surface area contributed by atoms with Gasteiger partial charge in [0, 0.05) is 19.4 Å². The first kappa shape index (κ1) is 43.0. The van der Waals surface area contributed by atoms with E-state index in [0.717, 1.165) is 57.8 Å². The molecule has 3 N–H and O–H groups in total. The van der Waals surface area contributed by atoms with Crippen LogP contribution in [0.15, 0.2) is 48.6 Å². The number of rotatable bonds is 31. The number of phosphoric ester groups is 1. The zero-order chi connectivity index (χ0) is 33.3. The summed E-state index contributed by atoms with van der Waals surface area (Å²) < 4.78 is 32.4. The van der Waals surface area contributed by atoms with E-state index in [2.05, 4.69) is 62.5 Å². The van der Waals surface area contributed by atoms with E-state index in [1.54, 1.807) is 0 Å². The summed E-state index contributed by atoms with van der Waals surface area (Å²) in [6.45, 7) is 3.51. The van der Waals surface area contributed by atoms with E-state index in [1.807, 2.05) is 0 Å². The Bertz CT molecular complexity index is 887. The van der Waals surface area contributed by atoms with Crippen molar-refractivity contribution in [3.8, 4) is 0 Å². The van der Waals surface area contributed by atoms with Crippen LogP contribution in [0.25, 0.3) is 0 Å². The Morgan fingerprint density at radius 2 is 1.22 bits per heavy atom. The van der Waals surface area contributed by atoms with Gasteiger partial charge < -0.3 is 20.1 Å². The third-order valence-electron chi connectivity index (χ3n) is 6.73. The molecule has 0 saturated carbocycles. The topological polar surface area (TPSA) is 134 Å². The Morgan fingerprint density at radius 1 is 0.689 bits per heavy atom. The van der Waals surface area contributed by atoms with Gasteiger partial charge in [0.25, 0.3) is 0 Å². The Hall–Kier alpha value is -2.03. The molecule has 2 atom stereocenters. The average Bonchev–Trinajstić information content (AvgIpc) is 3.02. The minimum atomic E-state index is -4.37. The first-order valence-corrected chi connectivity index (χ1v) is 18.6. The molecule has 0 bridgehead atoms. The molecule has 45 heavy (non-hydrogen) atoms. The summed E-state index contributed by atoms with van der Waals surface area (Å²) in [5, 5.41) is 0. The number of unbranched alkanes of at least 4 members (excludes halogenated alkanes) is 10. The third kappa shape index (κ3) is 31.7. The van der Waals surface area contributed by atoms with Gasteiger partial charge in [-0.05, 0) is 51.4 Å². The number of ether oxygens (including phenoxy) is 2. The van der Waals surface area contributed by atoms with Crippen LogP contribution in [0.3, 0.4) is 0 Å². The predicted molar refractivity (Wildman–Crippen MR) is 183 cm³/mol. The maximum atomic E-state index is 12.4. The number of carbonyl (C=O) groups is 2. The molecule has 10 heteroatoms. The quantitative estimate of drug-likeness (QED) is 0.0325. The summed E-state index contributed by atoms with van der Waals surface area (Å²) in [5.74, 6) is -0.886. The van der Waals surface area contributed by atoms with E-state index in [0.29, 0.717) is 12.8 Å². The minimum absolute atomic E-state index is 0.0466. The fraction of sp³-hybridized carbons (Fsp3) is 0.714. The molecule has 0 aliphatic rings. The normalized spacial score (nSPS) is 14.1. The molecule has 0 amide bonds. The van der Waals surface area contributed by atoms with E-state index in [9.17, 15) is 19.0 Å². The summed E-state index contributed by atoms with van der Waals surface area (Å²) in [7, 11) is -4.37. The number of nitrogens with two attached hydrogens (primary N) is 1. The highest BCUT2D eigenvalue weighted by molar-refractivity contribution is 7.47. The number of hydrogen-bond acceptors (Lipinski definition) is 8. The van der Waals surface area contributed by atoms with Gasteiger partial charge in [-0.3, -0.25) is 18.6 Å². The molecule has 0 saturated heterocycles. The maximum Gasteiger partial charge on any atom is 0.472 e. The van der Waals surface area contributed by atoms with Crippen LogP contribution in [0.2, 0.25) is 0 Å². The largest absolute Gasteiger partial charge is 0.472 e. The summed E-state index contributed by atoms with van der Waals surface area (Å²) in [5.41, 5.74) is 5.31. The Morgan fingerprint density at radius 3 is 1.82 bits per heavy atom. The summed E-state index contributed by atoms with van der Waals surface area (Å²) >= 11 is 0. The van der Waals surface area contributed by atoms with Crippen molar-refractivity contribution in [3.63, 3.8) is 0 Å². The molecule has 0 rings (SSSR count). The second kappa shape index (κ2) is 31.9. The molecule has 0 aromatic heterocycles. The first-order chi connectivity index (χ1) is 21.8. The standard InChI is InChI=1S/C35H62NO8P/c1-3-5-7-9-11-13-14-15-16-17-18-20-21-23-25-27-34(37)41-31-33(32-43-45(39,40)42-30-29-36)44-35(38)28-26-24-22-19-12-10-8-6-4-2/h5,7,11,13,15-16,18,20,33H,3-4,6,8-10,12,14,17,19,21-32,36H2,1-2H3,(H,39,40)/b7-5-,13-11-,16-15-,20-18-/t33-/m1/s1. The molecule has 0 fully saturated rings. The summed E-state index contributed by atoms with van der Waals surface area (Å²) in [4.78, 5) is 34.5. The number of phosphoric acid groups is 1. The van der Waals surface area contributed by atoms with Gasteiger partial charge in [-0.25, -0.2) is 4.57 Å². The second-order valence-electron chi connectivity index (χ2n) is 11.0. The number of esters is 2. The van der Waals surface area contributed by atoms with Crippen molar-refractivity contribution in [2.45, 2.75) is 136 Å². The molecular formula is C35H62NO8P. The minimum Gasteiger partial charge on any atom is -0.462 e. The number of carbonyl (C=O) groups excluding carboxylic acids is 2. The average molecular weight is 656 g/mol. The lowest BCUT2D eigenvalue weighted by Gasteiger charge is -2.19. The van der Waals surface area contributed by atoms with Crippen LogP contribution in [0.1, 0.15) is 129 Å². The van der Waals surface area contributed by atoms with Crippen LogP contribution >= 0.6 is 7.82 Å². The van der Waals surface area contributed by atoms with Crippen molar-refractivity contribution in [1.29, 1.82) is 0 Å². The van der Waals surface area contributed by atoms with Crippen molar-refractivity contribution < 1.29 is 37.6 Å². The molecule has 1 unspecified atom stereocenters. The van der Waals surface area contributed by atoms with E-state index in [-0.39, 0.29) is 32.6 Å². The number of hydrogen-bond donors (Lipinski definition) is 2. The van der Waals surface area contributed by atoms with Crippen LogP contribution in [-0.4, -0.2) is 49.3 Å². The van der Waals surface area contributed by atoms with E-state index >= 15 is 0 Å². The lowest BCUT2D eigenvalue weighted by molar-refractivity contribution is -0.161. The van der Waals surface area contributed by atoms with Crippen molar-refractivity contribution >= 4 is 19.8 Å². The van der Waals surface area contributed by atoms with E-state index in [1.165, 1.54) is 32.1 Å². The molecule has 260 valence electrons. The molecule has 0 aromatic carbocycles. The van der Waals surface area contributed by atoms with Gasteiger partial charge in [-0.1, -0.05) is 114 Å². The van der Waals surface area contributed by atoms with E-state index in [4.69, 9.17) is 24.3 Å². The SMILES string of the molecule is CC/C=C\C/C=C\C/C=C\C/C=C\CCCCC(=O)OC[C@H](COP(=O)(O)OCCN)OC(=O)CCCCCCCCCCC. The zero-order valence-corrected chi connectivity index (χ0v) is 29.0. The molecule has 0 heterocycles. The zero-order valence-electron chi connectivity index (χ0n) is 28.1. The van der Waals surface area contributed by atoms with E-state index < -0.39 is 32.5 Å². The molecule has 0 spiro atoms. The second-order valence-corrected chi connectivity index (χ2v) is 12.5. The van der Waals surface area contributed by atoms with Crippen LogP contribution in [0, 0.1) is 0 Å². The van der Waals surface area contributed by atoms with Gasteiger partial charge in [0.2, 0.25) is 0 Å². The lowest BCUT2D eigenvalue weighted by Crippen LogP contribution is -2.29. The van der Waals surface area contributed by atoms with Crippen LogP contribution in [-0.2, 0) is 32.7 Å². The predicted octanol–water partition coefficient (Wildman–Crippen LogP) is 8.82. The van der Waals surface area contributed by atoms with Crippen LogP contribution in [0.5, 0.6) is 0 Å². The maximum absolute atomic E-state index is 12.4. The van der Waals surface area contributed by atoms with Crippen molar-refractivity contribution in [2.75, 3.05) is 26.4 Å². The molecular weight excluding hydrogens is 593 g/mol. The fourth-order valence-electron chi connectivity index (χ4n) is 4.21. The molecule has 0 aliphatic heterocycles. The third-order valence-corrected chi connectivity index (χ3v) is 7.71. The van der Waals surface area contributed by atoms with Gasteiger partial charge in [-0.15, -0.1) is 0 Å². The highest BCUT2D eigenvalue weighted by Crippen LogP contribution is 2.43. The molecule has 0 aliphatic carbocycles.